The zero-order valence-electron chi connectivity index (χ0n) is 12.2. The van der Waals surface area contributed by atoms with Crippen LogP contribution in [-0.4, -0.2) is 28.7 Å². The molecule has 1 heterocycles. The van der Waals surface area contributed by atoms with Gasteiger partial charge in [0.1, 0.15) is 5.60 Å². The van der Waals surface area contributed by atoms with Crippen LogP contribution in [0.5, 0.6) is 0 Å². The molecule has 1 saturated carbocycles. The van der Waals surface area contributed by atoms with E-state index in [1.54, 1.807) is 0 Å². The van der Waals surface area contributed by atoms with Gasteiger partial charge in [0.05, 0.1) is 0 Å². The molecule has 1 aliphatic carbocycles. The van der Waals surface area contributed by atoms with Gasteiger partial charge in [-0.15, -0.1) is 0 Å². The van der Waals surface area contributed by atoms with Crippen molar-refractivity contribution in [2.45, 2.75) is 83.9 Å². The summed E-state index contributed by atoms with van der Waals surface area (Å²) in [5.74, 6) is 0.719. The fourth-order valence-electron chi connectivity index (χ4n) is 3.53. The molecule has 0 unspecified atom stereocenters. The van der Waals surface area contributed by atoms with E-state index in [2.05, 4.69) is 11.8 Å². The molecule has 0 bridgehead atoms. The summed E-state index contributed by atoms with van der Waals surface area (Å²) < 4.78 is 5.59. The topological polar surface area (TPSA) is 29.5 Å². The Morgan fingerprint density at radius 2 is 1.94 bits per heavy atom. The lowest BCUT2D eigenvalue weighted by molar-refractivity contribution is 0.0101. The monoisotopic (exact) mass is 253 g/mol. The van der Waals surface area contributed by atoms with E-state index in [1.807, 2.05) is 20.8 Å². The molecule has 0 N–H and O–H groups in total. The van der Waals surface area contributed by atoms with E-state index in [1.165, 1.54) is 32.1 Å². The van der Waals surface area contributed by atoms with Crippen LogP contribution in [0.2, 0.25) is 0 Å². The summed E-state index contributed by atoms with van der Waals surface area (Å²) in [6.45, 7) is 8.01. The Morgan fingerprint density at radius 3 is 2.56 bits per heavy atom. The molecule has 0 aromatic rings. The third-order valence-corrected chi connectivity index (χ3v) is 4.27. The van der Waals surface area contributed by atoms with E-state index in [0.29, 0.717) is 12.1 Å². The lowest BCUT2D eigenvalue weighted by Gasteiger charge is -2.35. The molecule has 1 amide bonds. The maximum Gasteiger partial charge on any atom is 0.410 e. The Balaban J connectivity index is 2.10. The quantitative estimate of drug-likeness (QED) is 0.707. The van der Waals surface area contributed by atoms with Gasteiger partial charge in [-0.3, -0.25) is 0 Å². The SMILES string of the molecule is CC[C@@H]1C[C@@H]2CCCC[C@@H]2N1C(=O)OC(C)(C)C. The van der Waals surface area contributed by atoms with Crippen LogP contribution >= 0.6 is 0 Å². The highest BCUT2D eigenvalue weighted by Gasteiger charge is 2.45. The summed E-state index contributed by atoms with van der Waals surface area (Å²) in [7, 11) is 0. The second-order valence-electron chi connectivity index (χ2n) is 6.80. The molecule has 1 aliphatic heterocycles. The van der Waals surface area contributed by atoms with Gasteiger partial charge in [0.2, 0.25) is 0 Å². The number of fused-ring (bicyclic) bond motifs is 1. The van der Waals surface area contributed by atoms with Crippen LogP contribution in [-0.2, 0) is 4.74 Å². The average Bonchev–Trinajstić information content (AvgIpc) is 2.64. The van der Waals surface area contributed by atoms with E-state index in [-0.39, 0.29) is 11.7 Å². The fourth-order valence-corrected chi connectivity index (χ4v) is 3.53. The van der Waals surface area contributed by atoms with E-state index < -0.39 is 0 Å². The van der Waals surface area contributed by atoms with Crippen molar-refractivity contribution in [1.29, 1.82) is 0 Å². The molecule has 2 rings (SSSR count). The van der Waals surface area contributed by atoms with Crippen molar-refractivity contribution in [3.63, 3.8) is 0 Å². The number of amides is 1. The van der Waals surface area contributed by atoms with Gasteiger partial charge in [-0.2, -0.15) is 0 Å². The molecular formula is C15H27NO2. The van der Waals surface area contributed by atoms with Crippen molar-refractivity contribution in [2.24, 2.45) is 5.92 Å². The standard InChI is InChI=1S/C15H27NO2/c1-5-12-10-11-8-6-7-9-13(11)16(12)14(17)18-15(2,3)4/h11-13H,5-10H2,1-4H3/t11-,12+,13-/m0/s1. The van der Waals surface area contributed by atoms with E-state index in [0.717, 1.165) is 12.3 Å². The summed E-state index contributed by atoms with van der Waals surface area (Å²) in [4.78, 5) is 14.5. The van der Waals surface area contributed by atoms with Crippen LogP contribution in [0.4, 0.5) is 4.79 Å². The van der Waals surface area contributed by atoms with Crippen molar-refractivity contribution in [3.8, 4) is 0 Å². The lowest BCUT2D eigenvalue weighted by Crippen LogP contribution is -2.45. The second-order valence-corrected chi connectivity index (χ2v) is 6.80. The molecule has 18 heavy (non-hydrogen) atoms. The minimum absolute atomic E-state index is 0.0937. The van der Waals surface area contributed by atoms with Crippen LogP contribution in [0, 0.1) is 5.92 Å². The molecule has 104 valence electrons. The van der Waals surface area contributed by atoms with Gasteiger partial charge in [-0.05, 0) is 52.4 Å². The number of ether oxygens (including phenoxy) is 1. The predicted molar refractivity (Wildman–Crippen MR) is 72.5 cm³/mol. The number of likely N-dealkylation sites (tertiary alicyclic amines) is 1. The predicted octanol–water partition coefficient (Wildman–Crippen LogP) is 3.96. The van der Waals surface area contributed by atoms with E-state index >= 15 is 0 Å². The Kier molecular flexibility index (Phi) is 3.88. The van der Waals surface area contributed by atoms with Gasteiger partial charge < -0.3 is 9.64 Å². The minimum Gasteiger partial charge on any atom is -0.444 e. The zero-order chi connectivity index (χ0) is 13.3. The highest BCUT2D eigenvalue weighted by molar-refractivity contribution is 5.69. The number of carbonyl (C=O) groups excluding carboxylic acids is 1. The molecule has 0 spiro atoms. The molecule has 3 nitrogen and oxygen atoms in total. The largest absolute Gasteiger partial charge is 0.444 e. The van der Waals surface area contributed by atoms with Crippen molar-refractivity contribution in [2.75, 3.05) is 0 Å². The van der Waals surface area contributed by atoms with Crippen molar-refractivity contribution in [1.82, 2.24) is 4.90 Å². The zero-order valence-corrected chi connectivity index (χ0v) is 12.2. The normalized spacial score (nSPS) is 32.2. The van der Waals surface area contributed by atoms with E-state index in [9.17, 15) is 4.79 Å². The molecule has 0 radical (unpaired) electrons. The Bertz CT molecular complexity index is 308. The third-order valence-electron chi connectivity index (χ3n) is 4.27. The number of rotatable bonds is 1. The van der Waals surface area contributed by atoms with Crippen LogP contribution in [0.15, 0.2) is 0 Å². The summed E-state index contributed by atoms with van der Waals surface area (Å²) in [5.41, 5.74) is -0.387. The summed E-state index contributed by atoms with van der Waals surface area (Å²) >= 11 is 0. The van der Waals surface area contributed by atoms with Gasteiger partial charge in [0, 0.05) is 12.1 Å². The minimum atomic E-state index is -0.387. The molecule has 3 heteroatoms. The number of nitrogens with zero attached hydrogens (tertiary/aromatic N) is 1. The molecular weight excluding hydrogens is 226 g/mol. The number of hydrogen-bond donors (Lipinski definition) is 0. The van der Waals surface area contributed by atoms with Gasteiger partial charge in [0.15, 0.2) is 0 Å². The molecule has 0 aromatic heterocycles. The molecule has 1 saturated heterocycles. The van der Waals surface area contributed by atoms with Crippen LogP contribution in [0.1, 0.15) is 66.2 Å². The Morgan fingerprint density at radius 1 is 1.28 bits per heavy atom. The first-order chi connectivity index (χ1) is 8.42. The highest BCUT2D eigenvalue weighted by Crippen LogP contribution is 2.41. The average molecular weight is 253 g/mol. The molecule has 2 fully saturated rings. The number of carbonyl (C=O) groups is 1. The van der Waals surface area contributed by atoms with Gasteiger partial charge in [0.25, 0.3) is 0 Å². The van der Waals surface area contributed by atoms with Gasteiger partial charge >= 0.3 is 6.09 Å². The van der Waals surface area contributed by atoms with E-state index in [4.69, 9.17) is 4.74 Å². The first-order valence-electron chi connectivity index (χ1n) is 7.43. The molecule has 0 aromatic carbocycles. The van der Waals surface area contributed by atoms with Crippen molar-refractivity contribution < 1.29 is 9.53 Å². The Hall–Kier alpha value is -0.730. The highest BCUT2D eigenvalue weighted by atomic mass is 16.6. The van der Waals surface area contributed by atoms with Crippen molar-refractivity contribution >= 4 is 6.09 Å². The maximum atomic E-state index is 12.4. The first kappa shape index (κ1) is 13.7. The summed E-state index contributed by atoms with van der Waals surface area (Å²) in [6, 6.07) is 0.839. The Labute approximate surface area is 111 Å². The smallest absolute Gasteiger partial charge is 0.410 e. The second kappa shape index (κ2) is 5.10. The maximum absolute atomic E-state index is 12.4. The third kappa shape index (κ3) is 2.81. The molecule has 2 aliphatic rings. The van der Waals surface area contributed by atoms with Crippen LogP contribution in [0.3, 0.4) is 0 Å². The molecule has 3 atom stereocenters. The van der Waals surface area contributed by atoms with Crippen LogP contribution < -0.4 is 0 Å². The lowest BCUT2D eigenvalue weighted by atomic mass is 9.84. The van der Waals surface area contributed by atoms with Crippen molar-refractivity contribution in [3.05, 3.63) is 0 Å². The summed E-state index contributed by atoms with van der Waals surface area (Å²) in [6.07, 6.45) is 7.19. The number of hydrogen-bond acceptors (Lipinski definition) is 2. The first-order valence-corrected chi connectivity index (χ1v) is 7.43. The van der Waals surface area contributed by atoms with Gasteiger partial charge in [-0.1, -0.05) is 19.8 Å². The van der Waals surface area contributed by atoms with Crippen LogP contribution in [0.25, 0.3) is 0 Å². The van der Waals surface area contributed by atoms with Gasteiger partial charge in [-0.25, -0.2) is 4.79 Å². The fraction of sp³-hybridized carbons (Fsp3) is 0.933. The summed E-state index contributed by atoms with van der Waals surface area (Å²) in [5, 5.41) is 0.